The van der Waals surface area contributed by atoms with Crippen LogP contribution in [-0.2, 0) is 35.9 Å². The van der Waals surface area contributed by atoms with Crippen molar-refractivity contribution < 1.29 is 9.63 Å². The zero-order valence-electron chi connectivity index (χ0n) is 18.0. The van der Waals surface area contributed by atoms with Gasteiger partial charge in [0.05, 0.1) is 5.70 Å². The van der Waals surface area contributed by atoms with Crippen molar-refractivity contribution in [3.8, 4) is 0 Å². The van der Waals surface area contributed by atoms with Crippen LogP contribution in [-0.4, -0.2) is 22.0 Å². The van der Waals surface area contributed by atoms with E-state index in [1.54, 1.807) is 0 Å². The summed E-state index contributed by atoms with van der Waals surface area (Å²) in [6, 6.07) is 3.98. The Morgan fingerprint density at radius 1 is 1.38 bits per heavy atom. The van der Waals surface area contributed by atoms with Gasteiger partial charge in [0.15, 0.2) is 5.69 Å². The van der Waals surface area contributed by atoms with E-state index in [1.165, 1.54) is 5.69 Å². The van der Waals surface area contributed by atoms with Gasteiger partial charge in [0.2, 0.25) is 0 Å². The van der Waals surface area contributed by atoms with Crippen LogP contribution in [0.3, 0.4) is 0 Å². The second-order valence-electron chi connectivity index (χ2n) is 8.68. The van der Waals surface area contributed by atoms with Gasteiger partial charge in [0, 0.05) is 30.3 Å². The Kier molecular flexibility index (Phi) is 5.75. The van der Waals surface area contributed by atoms with Crippen molar-refractivity contribution in [2.45, 2.75) is 53.4 Å². The molecule has 2 aromatic rings. The highest BCUT2D eigenvalue weighted by Gasteiger charge is 2.32. The predicted octanol–water partition coefficient (Wildman–Crippen LogP) is 3.60. The minimum absolute atomic E-state index is 0.251. The molecule has 3 rings (SSSR count). The monoisotopic (exact) mass is 394 g/mol. The summed E-state index contributed by atoms with van der Waals surface area (Å²) in [7, 11) is 1.95. The first-order valence-corrected chi connectivity index (χ1v) is 9.90. The van der Waals surface area contributed by atoms with Crippen LogP contribution < -0.4 is 5.90 Å². The molecule has 6 heteroatoms. The number of aliphatic imine (C=N–C) groups is 1. The van der Waals surface area contributed by atoms with Crippen LogP contribution in [0.2, 0.25) is 0 Å². The topological polar surface area (TPSA) is 82.5 Å². The molecular formula is C23H30N4O2. The number of aryl methyl sites for hydroxylation is 3. The fourth-order valence-corrected chi connectivity index (χ4v) is 4.15. The molecule has 0 saturated carbocycles. The first kappa shape index (κ1) is 21.0. The van der Waals surface area contributed by atoms with Gasteiger partial charge in [-0.05, 0) is 67.3 Å². The SMILES string of the molecule is C=C(N=C(ON)c1nn(C)c2c1CCC(C)(C)C2)c1cc(C)c(CC=O)c(C)c1. The summed E-state index contributed by atoms with van der Waals surface area (Å²) >= 11 is 0. The predicted molar refractivity (Wildman–Crippen MR) is 116 cm³/mol. The largest absolute Gasteiger partial charge is 0.389 e. The molecule has 6 nitrogen and oxygen atoms in total. The summed E-state index contributed by atoms with van der Waals surface area (Å²) in [6.07, 6.45) is 4.28. The van der Waals surface area contributed by atoms with E-state index in [-0.39, 0.29) is 11.3 Å². The third-order valence-electron chi connectivity index (χ3n) is 5.84. The standard InChI is InChI=1S/C23H30N4O2/c1-14-11-17(12-15(2)18(14)8-10-28)16(3)25-22(29-24)21-19-7-9-23(4,5)13-20(19)27(6)26-21/h10-12H,3,7-9,13,24H2,1-2,4-6H3. The fourth-order valence-electron chi connectivity index (χ4n) is 4.15. The molecule has 0 radical (unpaired) electrons. The quantitative estimate of drug-likeness (QED) is 0.363. The zero-order valence-corrected chi connectivity index (χ0v) is 18.0. The average Bonchev–Trinajstić information content (AvgIpc) is 2.97. The number of carbonyl (C=O) groups is 1. The average molecular weight is 395 g/mol. The van der Waals surface area contributed by atoms with Crippen LogP contribution in [0.25, 0.3) is 5.70 Å². The highest BCUT2D eigenvalue weighted by Crippen LogP contribution is 2.36. The summed E-state index contributed by atoms with van der Waals surface area (Å²) in [5.41, 5.74) is 7.83. The van der Waals surface area contributed by atoms with E-state index in [0.29, 0.717) is 17.8 Å². The van der Waals surface area contributed by atoms with E-state index in [0.717, 1.165) is 53.4 Å². The van der Waals surface area contributed by atoms with Crippen LogP contribution in [0, 0.1) is 19.3 Å². The molecule has 0 aliphatic heterocycles. The minimum Gasteiger partial charge on any atom is -0.389 e. The smallest absolute Gasteiger partial charge is 0.266 e. The number of fused-ring (bicyclic) bond motifs is 1. The van der Waals surface area contributed by atoms with Crippen molar-refractivity contribution in [1.82, 2.24) is 9.78 Å². The van der Waals surface area contributed by atoms with E-state index in [1.807, 2.05) is 37.7 Å². The molecule has 2 N–H and O–H groups in total. The lowest BCUT2D eigenvalue weighted by atomic mass is 9.76. The molecule has 154 valence electrons. The summed E-state index contributed by atoms with van der Waals surface area (Å²) < 4.78 is 1.91. The number of nitrogens with two attached hydrogens (primary N) is 1. The highest BCUT2D eigenvalue weighted by molar-refractivity contribution is 5.97. The lowest BCUT2D eigenvalue weighted by molar-refractivity contribution is -0.107. The number of rotatable bonds is 5. The number of nitrogens with zero attached hydrogens (tertiary/aromatic N) is 3. The molecule has 0 unspecified atom stereocenters. The van der Waals surface area contributed by atoms with E-state index >= 15 is 0 Å². The van der Waals surface area contributed by atoms with Gasteiger partial charge in [-0.1, -0.05) is 20.4 Å². The lowest BCUT2D eigenvalue weighted by Crippen LogP contribution is -2.24. The van der Waals surface area contributed by atoms with Crippen LogP contribution >= 0.6 is 0 Å². The van der Waals surface area contributed by atoms with Gasteiger partial charge >= 0.3 is 0 Å². The van der Waals surface area contributed by atoms with Crippen molar-refractivity contribution in [1.29, 1.82) is 0 Å². The maximum absolute atomic E-state index is 10.9. The fraction of sp³-hybridized carbons (Fsp3) is 0.435. The normalized spacial score (nSPS) is 15.7. The first-order valence-electron chi connectivity index (χ1n) is 9.90. The van der Waals surface area contributed by atoms with Gasteiger partial charge in [0.1, 0.15) is 6.29 Å². The summed E-state index contributed by atoms with van der Waals surface area (Å²) in [4.78, 5) is 20.6. The Labute approximate surface area is 172 Å². The molecule has 0 fully saturated rings. The Morgan fingerprint density at radius 2 is 2.03 bits per heavy atom. The Hall–Kier alpha value is -2.73. The van der Waals surface area contributed by atoms with Crippen LogP contribution in [0.15, 0.2) is 23.7 Å². The molecule has 0 amide bonds. The van der Waals surface area contributed by atoms with E-state index < -0.39 is 0 Å². The van der Waals surface area contributed by atoms with Gasteiger partial charge in [0.25, 0.3) is 5.90 Å². The number of hydrogen-bond acceptors (Lipinski definition) is 5. The first-order chi connectivity index (χ1) is 13.7. The van der Waals surface area contributed by atoms with Crippen molar-refractivity contribution >= 4 is 17.9 Å². The Bertz CT molecular complexity index is 976. The molecular weight excluding hydrogens is 364 g/mol. The number of carbonyl (C=O) groups excluding carboxylic acids is 1. The Balaban J connectivity index is 1.98. The van der Waals surface area contributed by atoms with Crippen LogP contribution in [0.1, 0.15) is 59.5 Å². The van der Waals surface area contributed by atoms with Gasteiger partial charge in [-0.15, -0.1) is 0 Å². The van der Waals surface area contributed by atoms with Crippen molar-refractivity contribution in [2.24, 2.45) is 23.4 Å². The molecule has 0 spiro atoms. The minimum atomic E-state index is 0.251. The van der Waals surface area contributed by atoms with E-state index in [2.05, 4.69) is 30.5 Å². The summed E-state index contributed by atoms with van der Waals surface area (Å²) in [5.74, 6) is 5.87. The van der Waals surface area contributed by atoms with Crippen LogP contribution in [0.5, 0.6) is 0 Å². The molecule has 1 aliphatic carbocycles. The molecule has 0 atom stereocenters. The molecule has 1 heterocycles. The van der Waals surface area contributed by atoms with Crippen molar-refractivity contribution in [3.63, 3.8) is 0 Å². The van der Waals surface area contributed by atoms with Crippen molar-refractivity contribution in [3.05, 3.63) is 57.9 Å². The van der Waals surface area contributed by atoms with Gasteiger partial charge < -0.3 is 9.63 Å². The lowest BCUT2D eigenvalue weighted by Gasteiger charge is -2.29. The van der Waals surface area contributed by atoms with Gasteiger partial charge in [-0.25, -0.2) is 4.99 Å². The van der Waals surface area contributed by atoms with E-state index in [4.69, 9.17) is 10.7 Å². The highest BCUT2D eigenvalue weighted by atomic mass is 16.6. The number of aldehydes is 1. The summed E-state index contributed by atoms with van der Waals surface area (Å²) in [6.45, 7) is 12.6. The zero-order chi connectivity index (χ0) is 21.3. The maximum atomic E-state index is 10.9. The molecule has 1 aromatic heterocycles. The van der Waals surface area contributed by atoms with Gasteiger partial charge in [-0.3, -0.25) is 4.68 Å². The molecule has 1 aromatic carbocycles. The van der Waals surface area contributed by atoms with E-state index in [9.17, 15) is 4.79 Å². The van der Waals surface area contributed by atoms with Crippen molar-refractivity contribution in [2.75, 3.05) is 0 Å². The number of aromatic nitrogens is 2. The second-order valence-corrected chi connectivity index (χ2v) is 8.68. The third-order valence-corrected chi connectivity index (χ3v) is 5.84. The molecule has 0 bridgehead atoms. The van der Waals surface area contributed by atoms with Crippen LogP contribution in [0.4, 0.5) is 0 Å². The molecule has 29 heavy (non-hydrogen) atoms. The Morgan fingerprint density at radius 3 is 2.62 bits per heavy atom. The van der Waals surface area contributed by atoms with Gasteiger partial charge in [-0.2, -0.15) is 11.0 Å². The summed E-state index contributed by atoms with van der Waals surface area (Å²) in [5, 5.41) is 4.65. The molecule has 0 saturated heterocycles. The molecule has 1 aliphatic rings. The number of benzene rings is 1. The maximum Gasteiger partial charge on any atom is 0.266 e. The number of hydrogen-bond donors (Lipinski definition) is 1. The second kappa shape index (κ2) is 7.95. The third kappa shape index (κ3) is 4.17.